The van der Waals surface area contributed by atoms with Gasteiger partial charge in [-0.25, -0.2) is 9.37 Å². The molecule has 5 nitrogen and oxygen atoms in total. The standard InChI is InChI=1S/C25H19F4N5/c26-17-8-16(11-30-12-17)22-10-23(34-24(33-22)21(13-31-34)25(27,28)29)32-18-6-5-15-7-14-3-1-2-4-19(14)20(15)9-18/h1-4,8,10-13,18,32H,5-7,9H2/t18-/m1/s1. The first-order valence-electron chi connectivity index (χ1n) is 11.0. The van der Waals surface area contributed by atoms with Gasteiger partial charge in [-0.15, -0.1) is 0 Å². The lowest BCUT2D eigenvalue weighted by Crippen LogP contribution is -2.24. The summed E-state index contributed by atoms with van der Waals surface area (Å²) in [4.78, 5) is 7.99. The monoisotopic (exact) mass is 465 g/mol. The van der Waals surface area contributed by atoms with Gasteiger partial charge in [0.1, 0.15) is 17.2 Å². The molecule has 1 atom stereocenters. The molecule has 1 aromatic carbocycles. The van der Waals surface area contributed by atoms with Crippen LogP contribution < -0.4 is 5.32 Å². The van der Waals surface area contributed by atoms with Crippen LogP contribution in [-0.4, -0.2) is 25.6 Å². The van der Waals surface area contributed by atoms with Crippen molar-refractivity contribution in [1.29, 1.82) is 0 Å². The Morgan fingerprint density at radius 2 is 1.91 bits per heavy atom. The Morgan fingerprint density at radius 3 is 2.74 bits per heavy atom. The zero-order valence-corrected chi connectivity index (χ0v) is 17.9. The zero-order valence-electron chi connectivity index (χ0n) is 17.9. The molecule has 2 aliphatic carbocycles. The minimum Gasteiger partial charge on any atom is -0.367 e. The van der Waals surface area contributed by atoms with Crippen molar-refractivity contribution < 1.29 is 17.6 Å². The zero-order chi connectivity index (χ0) is 23.4. The third-order valence-corrected chi connectivity index (χ3v) is 6.55. The van der Waals surface area contributed by atoms with Gasteiger partial charge in [0.2, 0.25) is 0 Å². The molecule has 6 rings (SSSR count). The van der Waals surface area contributed by atoms with Crippen molar-refractivity contribution in [2.45, 2.75) is 37.9 Å². The number of allylic oxidation sites excluding steroid dienone is 1. The van der Waals surface area contributed by atoms with Gasteiger partial charge in [0.25, 0.3) is 0 Å². The van der Waals surface area contributed by atoms with Gasteiger partial charge >= 0.3 is 6.18 Å². The molecule has 172 valence electrons. The molecular weight excluding hydrogens is 446 g/mol. The molecule has 2 aliphatic rings. The lowest BCUT2D eigenvalue weighted by atomic mass is 9.88. The largest absolute Gasteiger partial charge is 0.421 e. The third-order valence-electron chi connectivity index (χ3n) is 6.55. The van der Waals surface area contributed by atoms with E-state index in [-0.39, 0.29) is 17.4 Å². The number of hydrogen-bond acceptors (Lipinski definition) is 4. The van der Waals surface area contributed by atoms with Crippen LogP contribution in [-0.2, 0) is 12.6 Å². The van der Waals surface area contributed by atoms with Crippen molar-refractivity contribution >= 4 is 17.0 Å². The highest BCUT2D eigenvalue weighted by atomic mass is 19.4. The van der Waals surface area contributed by atoms with Gasteiger partial charge in [-0.2, -0.15) is 22.8 Å². The van der Waals surface area contributed by atoms with Gasteiger partial charge in [0.05, 0.1) is 18.1 Å². The fourth-order valence-electron chi connectivity index (χ4n) is 4.98. The van der Waals surface area contributed by atoms with Crippen molar-refractivity contribution in [1.82, 2.24) is 19.6 Å². The van der Waals surface area contributed by atoms with Crippen LogP contribution in [0.3, 0.4) is 0 Å². The first kappa shape index (κ1) is 20.8. The maximum absolute atomic E-state index is 13.8. The topological polar surface area (TPSA) is 55.1 Å². The van der Waals surface area contributed by atoms with Crippen molar-refractivity contribution in [3.8, 4) is 11.3 Å². The summed E-state index contributed by atoms with van der Waals surface area (Å²) in [5.74, 6) is -0.218. The molecule has 3 aromatic heterocycles. The van der Waals surface area contributed by atoms with Gasteiger partial charge in [-0.05, 0) is 48.4 Å². The van der Waals surface area contributed by atoms with E-state index in [9.17, 15) is 17.6 Å². The van der Waals surface area contributed by atoms with E-state index in [0.29, 0.717) is 11.4 Å². The Hall–Kier alpha value is -3.75. The molecule has 0 fully saturated rings. The number of halogens is 4. The van der Waals surface area contributed by atoms with E-state index in [1.54, 1.807) is 6.07 Å². The van der Waals surface area contributed by atoms with Gasteiger partial charge in [0, 0.05) is 23.9 Å². The quantitative estimate of drug-likeness (QED) is 0.382. The molecule has 4 aromatic rings. The van der Waals surface area contributed by atoms with Gasteiger partial charge in [0.15, 0.2) is 5.65 Å². The molecule has 0 radical (unpaired) electrons. The number of hydrogen-bond donors (Lipinski definition) is 1. The van der Waals surface area contributed by atoms with Crippen LogP contribution in [0.1, 0.15) is 36.0 Å². The summed E-state index contributed by atoms with van der Waals surface area (Å²) in [5, 5.41) is 7.38. The van der Waals surface area contributed by atoms with Crippen molar-refractivity contribution in [3.05, 3.63) is 83.1 Å². The number of fused-ring (bicyclic) bond motifs is 3. The first-order chi connectivity index (χ1) is 16.4. The Kier molecular flexibility index (Phi) is 4.68. The normalized spacial score (nSPS) is 17.7. The van der Waals surface area contributed by atoms with E-state index in [0.717, 1.165) is 38.1 Å². The van der Waals surface area contributed by atoms with E-state index in [1.165, 1.54) is 39.1 Å². The van der Waals surface area contributed by atoms with Crippen molar-refractivity contribution in [3.63, 3.8) is 0 Å². The van der Waals surface area contributed by atoms with E-state index in [1.807, 2.05) is 12.1 Å². The lowest BCUT2D eigenvalue weighted by Gasteiger charge is -2.26. The highest BCUT2D eigenvalue weighted by molar-refractivity contribution is 5.78. The number of rotatable bonds is 3. The van der Waals surface area contributed by atoms with Crippen LogP contribution in [0.5, 0.6) is 0 Å². The average Bonchev–Trinajstić information content (AvgIpc) is 3.41. The molecule has 0 unspecified atom stereocenters. The van der Waals surface area contributed by atoms with Gasteiger partial charge in [-0.3, -0.25) is 4.98 Å². The maximum Gasteiger partial charge on any atom is 0.421 e. The van der Waals surface area contributed by atoms with Crippen LogP contribution in [0, 0.1) is 5.82 Å². The molecule has 3 heterocycles. The second kappa shape index (κ2) is 7.65. The summed E-state index contributed by atoms with van der Waals surface area (Å²) < 4.78 is 55.9. The molecular formula is C25H19F4N5. The number of anilines is 1. The van der Waals surface area contributed by atoms with Gasteiger partial charge in [-0.1, -0.05) is 29.8 Å². The highest BCUT2D eigenvalue weighted by Gasteiger charge is 2.36. The molecule has 1 N–H and O–H groups in total. The predicted molar refractivity (Wildman–Crippen MR) is 120 cm³/mol. The number of aromatic nitrogens is 4. The van der Waals surface area contributed by atoms with E-state index >= 15 is 0 Å². The van der Waals surface area contributed by atoms with Crippen LogP contribution in [0.2, 0.25) is 0 Å². The summed E-state index contributed by atoms with van der Waals surface area (Å²) in [5.41, 5.74) is 4.53. The summed E-state index contributed by atoms with van der Waals surface area (Å²) >= 11 is 0. The molecule has 0 spiro atoms. The molecule has 0 amide bonds. The maximum atomic E-state index is 13.8. The Balaban J connectivity index is 1.40. The first-order valence-corrected chi connectivity index (χ1v) is 11.0. The van der Waals surface area contributed by atoms with Crippen molar-refractivity contribution in [2.75, 3.05) is 5.32 Å². The third kappa shape index (κ3) is 3.52. The summed E-state index contributed by atoms with van der Waals surface area (Å²) in [6, 6.07) is 11.1. The number of nitrogens with zero attached hydrogens (tertiary/aromatic N) is 4. The number of nitrogens with one attached hydrogen (secondary N) is 1. The van der Waals surface area contributed by atoms with E-state index < -0.39 is 17.6 Å². The summed E-state index contributed by atoms with van der Waals surface area (Å²) in [7, 11) is 0. The van der Waals surface area contributed by atoms with Crippen LogP contribution in [0.4, 0.5) is 23.4 Å². The Labute approximate surface area is 192 Å². The van der Waals surface area contributed by atoms with Crippen LogP contribution >= 0.6 is 0 Å². The number of benzene rings is 1. The molecule has 0 aliphatic heterocycles. The second-order valence-electron chi connectivity index (χ2n) is 8.71. The summed E-state index contributed by atoms with van der Waals surface area (Å²) in [6.45, 7) is 0. The van der Waals surface area contributed by atoms with Crippen molar-refractivity contribution in [2.24, 2.45) is 0 Å². The second-order valence-corrected chi connectivity index (χ2v) is 8.71. The molecule has 34 heavy (non-hydrogen) atoms. The summed E-state index contributed by atoms with van der Waals surface area (Å²) in [6.07, 6.45) is 2.06. The highest BCUT2D eigenvalue weighted by Crippen LogP contribution is 2.42. The molecule has 9 heteroatoms. The van der Waals surface area contributed by atoms with E-state index in [2.05, 4.69) is 32.5 Å². The Bertz CT molecular complexity index is 1450. The Morgan fingerprint density at radius 1 is 1.06 bits per heavy atom. The lowest BCUT2D eigenvalue weighted by molar-refractivity contribution is -0.136. The van der Waals surface area contributed by atoms with Crippen LogP contribution in [0.25, 0.3) is 22.5 Å². The average molecular weight is 465 g/mol. The predicted octanol–water partition coefficient (Wildman–Crippen LogP) is 5.92. The minimum atomic E-state index is -4.62. The molecule has 0 bridgehead atoms. The van der Waals surface area contributed by atoms with E-state index in [4.69, 9.17) is 0 Å². The minimum absolute atomic E-state index is 0.00697. The fraction of sp³-hybridized carbons (Fsp3) is 0.240. The van der Waals surface area contributed by atoms with Gasteiger partial charge < -0.3 is 5.32 Å². The molecule has 0 saturated carbocycles. The fourth-order valence-corrected chi connectivity index (χ4v) is 4.98. The van der Waals surface area contributed by atoms with Crippen LogP contribution in [0.15, 0.2) is 60.6 Å². The molecule has 0 saturated heterocycles. The smallest absolute Gasteiger partial charge is 0.367 e. The number of alkyl halides is 3. The number of pyridine rings is 1. The SMILES string of the molecule is Fc1cncc(-c2cc(N[C@@H]3CCC4=C(C3)c3ccccc3C4)n3ncc(C(F)(F)F)c3n2)c1.